The fourth-order valence-corrected chi connectivity index (χ4v) is 4.37. The second-order valence-electron chi connectivity index (χ2n) is 8.49. The van der Waals surface area contributed by atoms with Gasteiger partial charge in [-0.05, 0) is 61.7 Å². The van der Waals surface area contributed by atoms with Gasteiger partial charge in [0.05, 0.1) is 17.4 Å². The molecule has 1 aromatic carbocycles. The van der Waals surface area contributed by atoms with Crippen molar-refractivity contribution < 1.29 is 10.2 Å². The van der Waals surface area contributed by atoms with Crippen molar-refractivity contribution in [3.63, 3.8) is 0 Å². The van der Waals surface area contributed by atoms with Gasteiger partial charge in [-0.3, -0.25) is 0 Å². The Labute approximate surface area is 188 Å². The highest BCUT2D eigenvalue weighted by Gasteiger charge is 2.24. The summed E-state index contributed by atoms with van der Waals surface area (Å²) in [5.41, 5.74) is 4.10. The van der Waals surface area contributed by atoms with E-state index in [-0.39, 0.29) is 14.3 Å². The molecule has 3 aromatic rings. The molecule has 1 fully saturated rings. The molecule has 2 aromatic heterocycles. The predicted molar refractivity (Wildman–Crippen MR) is 124 cm³/mol. The highest BCUT2D eigenvalue weighted by Crippen LogP contribution is 2.31. The molecule has 7 nitrogen and oxygen atoms in total. The molecule has 1 N–H and O–H groups in total. The SMILES string of the molecule is CN=Nc1ccc(-c2ccn3nc(N[C@H]4CCN(C)C[C@H]4C)ncc23)cc1CCC(F)F.[HH]. The maximum absolute atomic E-state index is 12.8. The van der Waals surface area contributed by atoms with Crippen molar-refractivity contribution in [3.8, 4) is 11.1 Å². The van der Waals surface area contributed by atoms with Crippen LogP contribution in [0.15, 0.2) is 46.9 Å². The van der Waals surface area contributed by atoms with Crippen LogP contribution in [0.1, 0.15) is 26.8 Å². The number of likely N-dealkylation sites (tertiary alicyclic amines) is 1. The molecular formula is C23H31F2N7. The lowest BCUT2D eigenvalue weighted by atomic mass is 9.94. The van der Waals surface area contributed by atoms with Crippen LogP contribution in [0.4, 0.5) is 20.4 Å². The number of nitrogens with one attached hydrogen (secondary N) is 1. The van der Waals surface area contributed by atoms with Crippen LogP contribution in [-0.2, 0) is 6.42 Å². The van der Waals surface area contributed by atoms with E-state index in [0.717, 1.165) is 41.7 Å². The third-order valence-corrected chi connectivity index (χ3v) is 6.07. The van der Waals surface area contributed by atoms with Crippen LogP contribution >= 0.6 is 0 Å². The Balaban J connectivity index is 0.00000306. The Morgan fingerprint density at radius 2 is 2.16 bits per heavy atom. The van der Waals surface area contributed by atoms with E-state index in [1.807, 2.05) is 41.2 Å². The van der Waals surface area contributed by atoms with E-state index >= 15 is 0 Å². The van der Waals surface area contributed by atoms with Gasteiger partial charge in [0.15, 0.2) is 0 Å². The van der Waals surface area contributed by atoms with Crippen molar-refractivity contribution in [2.24, 2.45) is 16.1 Å². The Hall–Kier alpha value is -2.94. The normalized spacial score (nSPS) is 19.9. The van der Waals surface area contributed by atoms with Crippen LogP contribution in [-0.4, -0.2) is 59.2 Å². The summed E-state index contributed by atoms with van der Waals surface area (Å²) in [6.45, 7) is 4.35. The van der Waals surface area contributed by atoms with Crippen LogP contribution in [0.25, 0.3) is 16.6 Å². The fourth-order valence-electron chi connectivity index (χ4n) is 4.37. The lowest BCUT2D eigenvalue weighted by Crippen LogP contribution is -2.43. The number of rotatable bonds is 7. The molecule has 1 aliphatic heterocycles. The number of hydrogen-bond donors (Lipinski definition) is 1. The zero-order chi connectivity index (χ0) is 22.7. The molecule has 32 heavy (non-hydrogen) atoms. The Morgan fingerprint density at radius 1 is 1.31 bits per heavy atom. The summed E-state index contributed by atoms with van der Waals surface area (Å²) in [4.78, 5) is 6.89. The molecule has 3 heterocycles. The quantitative estimate of drug-likeness (QED) is 0.503. The van der Waals surface area contributed by atoms with Gasteiger partial charge >= 0.3 is 0 Å². The number of piperidine rings is 1. The molecule has 9 heteroatoms. The molecule has 0 aliphatic carbocycles. The van der Waals surface area contributed by atoms with Crippen LogP contribution < -0.4 is 5.32 Å². The van der Waals surface area contributed by atoms with Gasteiger partial charge in [0.2, 0.25) is 12.4 Å². The van der Waals surface area contributed by atoms with Crippen molar-refractivity contribution in [1.82, 2.24) is 19.5 Å². The smallest absolute Gasteiger partial charge is 0.241 e. The third-order valence-electron chi connectivity index (χ3n) is 6.07. The first-order valence-corrected chi connectivity index (χ1v) is 11.0. The summed E-state index contributed by atoms with van der Waals surface area (Å²) >= 11 is 0. The number of azo groups is 1. The topological polar surface area (TPSA) is 70.2 Å². The van der Waals surface area contributed by atoms with Gasteiger partial charge < -0.3 is 10.2 Å². The number of anilines is 1. The Kier molecular flexibility index (Phi) is 6.74. The minimum atomic E-state index is -2.35. The van der Waals surface area contributed by atoms with E-state index in [1.54, 1.807) is 7.05 Å². The van der Waals surface area contributed by atoms with Crippen molar-refractivity contribution >= 4 is 17.2 Å². The zero-order valence-corrected chi connectivity index (χ0v) is 18.7. The monoisotopic (exact) mass is 443 g/mol. The number of hydrogen-bond acceptors (Lipinski definition) is 6. The summed E-state index contributed by atoms with van der Waals surface area (Å²) in [5, 5.41) is 16.0. The molecule has 1 aliphatic rings. The standard InChI is InChI=1S/C23H29F2N7.H2/c1-15-14-31(3)10-9-19(15)28-23-27-13-21-18(8-11-32(21)30-23)16-4-6-20(29-26-2)17(12-16)5-7-22(24)25;/h4,6,8,11-13,15,19,22H,5,7,9-10,14H2,1-3H3,(H,28,30);1H/t15-,19+;/m1./s1. The molecule has 1 saturated heterocycles. The number of alkyl halides is 2. The molecule has 0 bridgehead atoms. The van der Waals surface area contributed by atoms with Gasteiger partial charge in [-0.1, -0.05) is 13.0 Å². The van der Waals surface area contributed by atoms with Gasteiger partial charge in [0, 0.05) is 39.2 Å². The van der Waals surface area contributed by atoms with Gasteiger partial charge in [-0.15, -0.1) is 5.10 Å². The Morgan fingerprint density at radius 3 is 2.91 bits per heavy atom. The van der Waals surface area contributed by atoms with Crippen molar-refractivity contribution in [2.45, 2.75) is 38.7 Å². The number of nitrogens with zero attached hydrogens (tertiary/aromatic N) is 6. The molecule has 172 valence electrons. The maximum Gasteiger partial charge on any atom is 0.241 e. The third kappa shape index (κ3) is 4.93. The summed E-state index contributed by atoms with van der Waals surface area (Å²) in [6, 6.07) is 7.98. The highest BCUT2D eigenvalue weighted by molar-refractivity contribution is 5.81. The second-order valence-corrected chi connectivity index (χ2v) is 8.49. The van der Waals surface area contributed by atoms with Crippen LogP contribution in [0.3, 0.4) is 0 Å². The summed E-state index contributed by atoms with van der Waals surface area (Å²) in [5.74, 6) is 1.12. The first kappa shape index (κ1) is 22.3. The van der Waals surface area contributed by atoms with Gasteiger partial charge in [-0.25, -0.2) is 18.3 Å². The van der Waals surface area contributed by atoms with Crippen LogP contribution in [0.2, 0.25) is 0 Å². The van der Waals surface area contributed by atoms with Crippen LogP contribution in [0, 0.1) is 5.92 Å². The van der Waals surface area contributed by atoms with E-state index in [0.29, 0.717) is 23.6 Å². The molecular weight excluding hydrogens is 412 g/mol. The summed E-state index contributed by atoms with van der Waals surface area (Å²) < 4.78 is 27.4. The first-order valence-electron chi connectivity index (χ1n) is 11.0. The van der Waals surface area contributed by atoms with E-state index in [2.05, 4.69) is 44.5 Å². The van der Waals surface area contributed by atoms with Crippen molar-refractivity contribution in [3.05, 3.63) is 42.2 Å². The lowest BCUT2D eigenvalue weighted by Gasteiger charge is -2.35. The molecule has 0 spiro atoms. The fraction of sp³-hybridized carbons (Fsp3) is 0.478. The van der Waals surface area contributed by atoms with E-state index in [9.17, 15) is 8.78 Å². The van der Waals surface area contributed by atoms with E-state index in [1.165, 1.54) is 0 Å². The summed E-state index contributed by atoms with van der Waals surface area (Å²) in [7, 11) is 3.72. The van der Waals surface area contributed by atoms with Gasteiger partial charge in [0.25, 0.3) is 0 Å². The molecule has 4 rings (SSSR count). The van der Waals surface area contributed by atoms with Gasteiger partial charge in [0.1, 0.15) is 0 Å². The number of halogens is 2. The van der Waals surface area contributed by atoms with Gasteiger partial charge in [-0.2, -0.15) is 10.2 Å². The maximum atomic E-state index is 12.8. The van der Waals surface area contributed by atoms with Crippen molar-refractivity contribution in [2.75, 3.05) is 32.5 Å². The zero-order valence-electron chi connectivity index (χ0n) is 18.7. The minimum absolute atomic E-state index is 0. The first-order chi connectivity index (χ1) is 15.4. The minimum Gasteiger partial charge on any atom is -0.350 e. The molecule has 0 saturated carbocycles. The number of aromatic nitrogens is 3. The van der Waals surface area contributed by atoms with Crippen LogP contribution in [0.5, 0.6) is 0 Å². The average Bonchev–Trinajstić information content (AvgIpc) is 3.18. The molecule has 0 amide bonds. The largest absolute Gasteiger partial charge is 0.350 e. The van der Waals surface area contributed by atoms with Crippen molar-refractivity contribution in [1.29, 1.82) is 0 Å². The number of fused-ring (bicyclic) bond motifs is 1. The molecule has 0 unspecified atom stereocenters. The van der Waals surface area contributed by atoms with E-state index in [4.69, 9.17) is 0 Å². The molecule has 0 radical (unpaired) electrons. The second kappa shape index (κ2) is 9.68. The average molecular weight is 444 g/mol. The number of aryl methyl sites for hydroxylation is 1. The van der Waals surface area contributed by atoms with E-state index < -0.39 is 6.43 Å². The highest BCUT2D eigenvalue weighted by atomic mass is 19.3. The number of benzene rings is 1. The Bertz CT molecular complexity index is 1100. The summed E-state index contributed by atoms with van der Waals surface area (Å²) in [6.07, 6.45) is 2.44. The molecule has 2 atom stereocenters. The lowest BCUT2D eigenvalue weighted by molar-refractivity contribution is 0.138. The predicted octanol–water partition coefficient (Wildman–Crippen LogP) is 5.31.